The van der Waals surface area contributed by atoms with Crippen molar-refractivity contribution < 1.29 is 8.42 Å². The Hall–Kier alpha value is -0.920. The number of hydrogen-bond acceptors (Lipinski definition) is 4. The third-order valence-corrected chi connectivity index (χ3v) is 6.55. The molecule has 0 aromatic carbocycles. The summed E-state index contributed by atoms with van der Waals surface area (Å²) in [6, 6.07) is 0.0753. The summed E-state index contributed by atoms with van der Waals surface area (Å²) in [5.41, 5.74) is 6.91. The van der Waals surface area contributed by atoms with Gasteiger partial charge in [-0.05, 0) is 26.7 Å². The van der Waals surface area contributed by atoms with Crippen molar-refractivity contribution in [3.63, 3.8) is 0 Å². The fraction of sp³-hybridized carbons (Fsp3) is 0.786. The van der Waals surface area contributed by atoms with Gasteiger partial charge in [0, 0.05) is 26.2 Å². The van der Waals surface area contributed by atoms with Crippen molar-refractivity contribution >= 4 is 10.0 Å². The maximum atomic E-state index is 13.1. The van der Waals surface area contributed by atoms with Crippen molar-refractivity contribution in [2.75, 3.05) is 13.1 Å². The molecule has 0 bridgehead atoms. The van der Waals surface area contributed by atoms with Crippen molar-refractivity contribution in [3.05, 3.63) is 11.4 Å². The van der Waals surface area contributed by atoms with Gasteiger partial charge < -0.3 is 5.73 Å². The molecule has 1 saturated carbocycles. The molecule has 6 nitrogen and oxygen atoms in total. The number of aryl methyl sites for hydroxylation is 2. The van der Waals surface area contributed by atoms with Crippen LogP contribution < -0.4 is 5.73 Å². The second-order valence-corrected chi connectivity index (χ2v) is 7.65. The first-order valence-corrected chi connectivity index (χ1v) is 9.05. The summed E-state index contributed by atoms with van der Waals surface area (Å²) >= 11 is 0. The average molecular weight is 314 g/mol. The zero-order valence-corrected chi connectivity index (χ0v) is 14.0. The van der Waals surface area contributed by atoms with Crippen LogP contribution in [0.25, 0.3) is 0 Å². The van der Waals surface area contributed by atoms with Gasteiger partial charge in [-0.15, -0.1) is 0 Å². The molecule has 2 N–H and O–H groups in total. The molecule has 21 heavy (non-hydrogen) atoms. The van der Waals surface area contributed by atoms with Gasteiger partial charge in [-0.2, -0.15) is 9.40 Å². The smallest absolute Gasteiger partial charge is 0.247 e. The van der Waals surface area contributed by atoms with Crippen molar-refractivity contribution in [3.8, 4) is 0 Å². The van der Waals surface area contributed by atoms with Crippen molar-refractivity contribution in [2.45, 2.75) is 56.9 Å². The summed E-state index contributed by atoms with van der Waals surface area (Å²) in [5, 5.41) is 4.24. The maximum Gasteiger partial charge on any atom is 0.247 e. The number of aromatic nitrogens is 2. The van der Waals surface area contributed by atoms with Gasteiger partial charge in [0.1, 0.15) is 4.90 Å². The Kier molecular flexibility index (Phi) is 5.06. The average Bonchev–Trinajstić information content (AvgIpc) is 2.70. The van der Waals surface area contributed by atoms with E-state index in [0.717, 1.165) is 25.7 Å². The Balaban J connectivity index is 2.41. The van der Waals surface area contributed by atoms with Crippen LogP contribution in [0.2, 0.25) is 0 Å². The second-order valence-electron chi connectivity index (χ2n) is 5.82. The number of nitrogens with two attached hydrogens (primary N) is 1. The normalized spacial score (nSPS) is 17.6. The maximum absolute atomic E-state index is 13.1. The molecule has 2 rings (SSSR count). The van der Waals surface area contributed by atoms with Crippen LogP contribution in [0.4, 0.5) is 0 Å². The van der Waals surface area contributed by atoms with E-state index in [1.807, 2.05) is 0 Å². The first kappa shape index (κ1) is 16.5. The molecule has 7 heteroatoms. The molecular weight excluding hydrogens is 288 g/mol. The van der Waals surface area contributed by atoms with E-state index in [2.05, 4.69) is 5.10 Å². The van der Waals surface area contributed by atoms with E-state index in [4.69, 9.17) is 5.73 Å². The Bertz CT molecular complexity index is 588. The summed E-state index contributed by atoms with van der Waals surface area (Å²) in [6.07, 6.45) is 5.23. The lowest BCUT2D eigenvalue weighted by atomic mass is 9.95. The molecule has 0 amide bonds. The largest absolute Gasteiger partial charge is 0.329 e. The van der Waals surface area contributed by atoms with Gasteiger partial charge in [0.05, 0.1) is 11.4 Å². The number of sulfonamides is 1. The molecule has 0 saturated heterocycles. The van der Waals surface area contributed by atoms with E-state index in [9.17, 15) is 8.42 Å². The summed E-state index contributed by atoms with van der Waals surface area (Å²) < 4.78 is 29.4. The lowest BCUT2D eigenvalue weighted by Crippen LogP contribution is -2.44. The molecule has 0 spiro atoms. The zero-order valence-electron chi connectivity index (χ0n) is 13.2. The molecule has 1 heterocycles. The predicted octanol–water partition coefficient (Wildman–Crippen LogP) is 1.32. The van der Waals surface area contributed by atoms with Crippen molar-refractivity contribution in [2.24, 2.45) is 12.8 Å². The van der Waals surface area contributed by atoms with Gasteiger partial charge >= 0.3 is 0 Å². The van der Waals surface area contributed by atoms with E-state index in [0.29, 0.717) is 29.4 Å². The summed E-state index contributed by atoms with van der Waals surface area (Å²) in [4.78, 5) is 0.351. The predicted molar refractivity (Wildman–Crippen MR) is 82.5 cm³/mol. The van der Waals surface area contributed by atoms with Crippen molar-refractivity contribution in [1.82, 2.24) is 14.1 Å². The van der Waals surface area contributed by atoms with Gasteiger partial charge in [0.15, 0.2) is 0 Å². The summed E-state index contributed by atoms with van der Waals surface area (Å²) in [6.45, 7) is 4.27. The van der Waals surface area contributed by atoms with E-state index in [1.54, 1.807) is 29.9 Å². The van der Waals surface area contributed by atoms with Crippen LogP contribution in [0.1, 0.15) is 43.5 Å². The van der Waals surface area contributed by atoms with Crippen LogP contribution in [0.15, 0.2) is 4.90 Å². The SMILES string of the molecule is Cc1nn(C)c(C)c1S(=O)(=O)N(CCN)C1CCCCC1. The Labute approximate surface area is 127 Å². The fourth-order valence-corrected chi connectivity index (χ4v) is 5.34. The van der Waals surface area contributed by atoms with Gasteiger partial charge in [0.25, 0.3) is 0 Å². The van der Waals surface area contributed by atoms with Crippen LogP contribution >= 0.6 is 0 Å². The molecule has 1 aromatic rings. The standard InChI is InChI=1S/C14H26N4O2S/c1-11-14(12(2)17(3)16-11)21(19,20)18(10-9-15)13-7-5-4-6-8-13/h13H,4-10,15H2,1-3H3. The van der Waals surface area contributed by atoms with Crippen molar-refractivity contribution in [1.29, 1.82) is 0 Å². The van der Waals surface area contributed by atoms with Gasteiger partial charge in [-0.3, -0.25) is 4.68 Å². The number of hydrogen-bond donors (Lipinski definition) is 1. The van der Waals surface area contributed by atoms with Crippen LogP contribution in [0, 0.1) is 13.8 Å². The fourth-order valence-electron chi connectivity index (χ4n) is 3.24. The monoisotopic (exact) mass is 314 g/mol. The number of nitrogens with zero attached hydrogens (tertiary/aromatic N) is 3. The molecule has 0 aliphatic heterocycles. The molecule has 120 valence electrons. The Morgan fingerprint density at radius 2 is 1.90 bits per heavy atom. The molecule has 1 aliphatic rings. The Morgan fingerprint density at radius 3 is 2.38 bits per heavy atom. The lowest BCUT2D eigenvalue weighted by molar-refractivity contribution is 0.257. The van der Waals surface area contributed by atoms with E-state index < -0.39 is 10.0 Å². The van der Waals surface area contributed by atoms with Crippen LogP contribution in [-0.4, -0.2) is 41.6 Å². The van der Waals surface area contributed by atoms with Crippen LogP contribution in [0.5, 0.6) is 0 Å². The van der Waals surface area contributed by atoms with E-state index >= 15 is 0 Å². The molecule has 0 radical (unpaired) electrons. The third kappa shape index (κ3) is 3.14. The molecular formula is C14H26N4O2S. The quantitative estimate of drug-likeness (QED) is 0.888. The molecule has 0 atom stereocenters. The third-order valence-electron chi connectivity index (χ3n) is 4.34. The minimum absolute atomic E-state index is 0.0753. The zero-order chi connectivity index (χ0) is 15.6. The highest BCUT2D eigenvalue weighted by atomic mass is 32.2. The minimum atomic E-state index is -3.53. The highest BCUT2D eigenvalue weighted by Gasteiger charge is 2.35. The van der Waals surface area contributed by atoms with Gasteiger partial charge in [-0.1, -0.05) is 19.3 Å². The first-order chi connectivity index (χ1) is 9.89. The Morgan fingerprint density at radius 1 is 1.29 bits per heavy atom. The molecule has 1 aromatic heterocycles. The van der Waals surface area contributed by atoms with E-state index in [1.165, 1.54) is 6.42 Å². The van der Waals surface area contributed by atoms with Gasteiger partial charge in [-0.25, -0.2) is 8.42 Å². The van der Waals surface area contributed by atoms with Crippen LogP contribution in [-0.2, 0) is 17.1 Å². The first-order valence-electron chi connectivity index (χ1n) is 7.61. The van der Waals surface area contributed by atoms with E-state index in [-0.39, 0.29) is 6.04 Å². The highest BCUT2D eigenvalue weighted by Crippen LogP contribution is 2.30. The second kappa shape index (κ2) is 6.46. The minimum Gasteiger partial charge on any atom is -0.329 e. The van der Waals surface area contributed by atoms with Gasteiger partial charge in [0.2, 0.25) is 10.0 Å². The molecule has 0 unspecified atom stereocenters. The lowest BCUT2D eigenvalue weighted by Gasteiger charge is -2.33. The topological polar surface area (TPSA) is 81.2 Å². The highest BCUT2D eigenvalue weighted by molar-refractivity contribution is 7.89. The molecule has 1 fully saturated rings. The summed E-state index contributed by atoms with van der Waals surface area (Å²) in [5.74, 6) is 0. The molecule has 1 aliphatic carbocycles. The summed E-state index contributed by atoms with van der Waals surface area (Å²) in [7, 11) is -1.76. The number of rotatable bonds is 5. The van der Waals surface area contributed by atoms with Crippen LogP contribution in [0.3, 0.4) is 0 Å².